The summed E-state index contributed by atoms with van der Waals surface area (Å²) in [7, 11) is 2.10. The number of amides is 2. The summed E-state index contributed by atoms with van der Waals surface area (Å²) in [6.45, 7) is 5.63. The van der Waals surface area contributed by atoms with Gasteiger partial charge in [0.25, 0.3) is 5.88 Å². The lowest BCUT2D eigenvalue weighted by Crippen LogP contribution is -2.43. The highest BCUT2D eigenvalue weighted by Gasteiger charge is 2.22. The van der Waals surface area contributed by atoms with Crippen molar-refractivity contribution in [3.05, 3.63) is 60.0 Å². The number of benzene rings is 1. The van der Waals surface area contributed by atoms with E-state index in [1.807, 2.05) is 24.3 Å². The summed E-state index contributed by atoms with van der Waals surface area (Å²) in [5.74, 6) is -0.00888. The van der Waals surface area contributed by atoms with E-state index in [1.54, 1.807) is 18.4 Å². The Morgan fingerprint density at radius 1 is 1.29 bits per heavy atom. The highest BCUT2D eigenvalue weighted by atomic mass is 16.3. The second kappa shape index (κ2) is 12.1. The average molecular weight is 386 g/mol. The van der Waals surface area contributed by atoms with Crippen molar-refractivity contribution in [2.45, 2.75) is 32.2 Å². The van der Waals surface area contributed by atoms with Crippen LogP contribution >= 0.6 is 0 Å². The molecular formula is C22H33N4O2+. The van der Waals surface area contributed by atoms with Gasteiger partial charge in [-0.15, -0.1) is 4.58 Å². The molecule has 1 atom stereocenters. The number of aliphatic hydroxyl groups excluding tert-OH is 1. The van der Waals surface area contributed by atoms with Gasteiger partial charge in [-0.05, 0) is 45.9 Å². The number of allylic oxidation sites excluding steroid dienone is 3. The molecule has 2 aliphatic heterocycles. The Hall–Kier alpha value is -2.44. The Labute approximate surface area is 168 Å². The fraction of sp³-hybridized carbons (Fsp3) is 0.455. The lowest BCUT2D eigenvalue weighted by atomic mass is 10.2. The molecule has 1 unspecified atom stereocenters. The molecule has 3 N–H and O–H groups in total. The number of carbonyl (C=O) groups excluding carboxylic acids is 1. The first-order valence-corrected chi connectivity index (χ1v) is 9.96. The largest absolute Gasteiger partial charge is 0.498 e. The van der Waals surface area contributed by atoms with Crippen LogP contribution in [0.4, 0.5) is 4.79 Å². The molecule has 3 rings (SSSR count). The average Bonchev–Trinajstić information content (AvgIpc) is 2.88. The van der Waals surface area contributed by atoms with Crippen LogP contribution in [0.1, 0.15) is 24.8 Å². The summed E-state index contributed by atoms with van der Waals surface area (Å²) in [6.07, 6.45) is 9.63. The highest BCUT2D eigenvalue weighted by molar-refractivity contribution is 5.76. The van der Waals surface area contributed by atoms with Crippen LogP contribution in [-0.2, 0) is 0 Å². The maximum Gasteiger partial charge on any atom is 0.498 e. The Morgan fingerprint density at radius 3 is 2.79 bits per heavy atom. The third kappa shape index (κ3) is 8.06. The van der Waals surface area contributed by atoms with Crippen LogP contribution in [0.25, 0.3) is 0 Å². The summed E-state index contributed by atoms with van der Waals surface area (Å²) < 4.78 is 1.25. The molecule has 0 aromatic heterocycles. The molecule has 6 nitrogen and oxygen atoms in total. The van der Waals surface area contributed by atoms with Crippen molar-refractivity contribution in [1.82, 2.24) is 15.5 Å². The van der Waals surface area contributed by atoms with Crippen LogP contribution in [0.5, 0.6) is 0 Å². The lowest BCUT2D eigenvalue weighted by Gasteiger charge is -2.13. The van der Waals surface area contributed by atoms with E-state index >= 15 is 0 Å². The quantitative estimate of drug-likeness (QED) is 0.685. The standard InChI is InChI=1S/C15H24N4O2.C7H8/c1-18-10-7-13(16-8-11-18)12-17-15(21)19-9-5-3-2-4-6-14(19)20;1-7-5-3-2-4-6-7/h3,5-6,9,13,16H,2,4,7-8,10-12H2,1H3,(H-,17,20,21);2-6H,1H3/p+1/b5-3-,14-6+,19-9+;. The lowest BCUT2D eigenvalue weighted by molar-refractivity contribution is -0.404. The number of likely N-dealkylation sites (N-methyl/N-ethyl adjacent to an activating group) is 1. The molecule has 0 radical (unpaired) electrons. The van der Waals surface area contributed by atoms with E-state index in [-0.39, 0.29) is 18.0 Å². The van der Waals surface area contributed by atoms with E-state index < -0.39 is 0 Å². The van der Waals surface area contributed by atoms with Crippen LogP contribution in [0.2, 0.25) is 0 Å². The van der Waals surface area contributed by atoms with E-state index in [2.05, 4.69) is 41.6 Å². The first-order chi connectivity index (χ1) is 13.6. The van der Waals surface area contributed by atoms with Crippen molar-refractivity contribution in [3.8, 4) is 0 Å². The summed E-state index contributed by atoms with van der Waals surface area (Å²) in [6, 6.07) is 10.2. The van der Waals surface area contributed by atoms with Gasteiger partial charge in [-0.25, -0.2) is 5.32 Å². The Morgan fingerprint density at radius 2 is 2.07 bits per heavy atom. The molecule has 2 heterocycles. The van der Waals surface area contributed by atoms with E-state index in [0.29, 0.717) is 6.54 Å². The van der Waals surface area contributed by atoms with Crippen molar-refractivity contribution in [2.75, 3.05) is 33.2 Å². The molecule has 0 saturated carbocycles. The van der Waals surface area contributed by atoms with Crippen molar-refractivity contribution >= 4 is 12.2 Å². The maximum absolute atomic E-state index is 12.2. The molecule has 0 spiro atoms. The number of nitrogens with one attached hydrogen (secondary N) is 2. The molecule has 1 aromatic carbocycles. The van der Waals surface area contributed by atoms with E-state index in [9.17, 15) is 9.90 Å². The van der Waals surface area contributed by atoms with Crippen molar-refractivity contribution in [3.63, 3.8) is 0 Å². The van der Waals surface area contributed by atoms with Crippen LogP contribution in [-0.4, -0.2) is 66.1 Å². The van der Waals surface area contributed by atoms with Gasteiger partial charge >= 0.3 is 6.03 Å². The number of carbonyl (C=O) groups is 1. The van der Waals surface area contributed by atoms with Crippen LogP contribution in [0, 0.1) is 6.92 Å². The number of urea groups is 1. The zero-order valence-electron chi connectivity index (χ0n) is 17.0. The second-order valence-corrected chi connectivity index (χ2v) is 7.17. The monoisotopic (exact) mass is 385 g/mol. The first kappa shape index (κ1) is 21.9. The van der Waals surface area contributed by atoms with Crippen molar-refractivity contribution < 1.29 is 14.5 Å². The number of aliphatic hydroxyl groups is 1. The Bertz CT molecular complexity index is 698. The number of hydrogen-bond donors (Lipinski definition) is 3. The molecular weight excluding hydrogens is 352 g/mol. The molecule has 2 amide bonds. The number of rotatable bonds is 2. The first-order valence-electron chi connectivity index (χ1n) is 9.96. The highest BCUT2D eigenvalue weighted by Crippen LogP contribution is 2.03. The summed E-state index contributed by atoms with van der Waals surface area (Å²) in [4.78, 5) is 14.5. The number of hydrogen-bond acceptors (Lipinski definition) is 4. The van der Waals surface area contributed by atoms with Gasteiger partial charge in [-0.2, -0.15) is 4.79 Å². The fourth-order valence-electron chi connectivity index (χ4n) is 2.95. The molecule has 0 aliphatic carbocycles. The van der Waals surface area contributed by atoms with E-state index in [0.717, 1.165) is 38.9 Å². The molecule has 28 heavy (non-hydrogen) atoms. The third-order valence-corrected chi connectivity index (χ3v) is 4.72. The molecule has 2 aliphatic rings. The van der Waals surface area contributed by atoms with Crippen molar-refractivity contribution in [1.29, 1.82) is 0 Å². The molecule has 1 saturated heterocycles. The van der Waals surface area contributed by atoms with Gasteiger partial charge in [-0.3, -0.25) is 0 Å². The topological polar surface area (TPSA) is 67.6 Å². The fourth-order valence-corrected chi connectivity index (χ4v) is 2.95. The second-order valence-electron chi connectivity index (χ2n) is 7.17. The summed E-state index contributed by atoms with van der Waals surface area (Å²) in [5, 5.41) is 16.2. The van der Waals surface area contributed by atoms with Gasteiger partial charge in [0, 0.05) is 25.2 Å². The zero-order chi connectivity index (χ0) is 20.2. The normalized spacial score (nSPS) is 25.3. The smallest absolute Gasteiger partial charge is 0.478 e. The molecule has 6 heteroatoms. The van der Waals surface area contributed by atoms with Crippen LogP contribution in [0.3, 0.4) is 0 Å². The van der Waals surface area contributed by atoms with E-state index in [4.69, 9.17) is 0 Å². The molecule has 0 bridgehead atoms. The van der Waals surface area contributed by atoms with Gasteiger partial charge < -0.3 is 15.3 Å². The third-order valence-electron chi connectivity index (χ3n) is 4.72. The Balaban J connectivity index is 0.000000336. The number of aryl methyl sites for hydroxylation is 1. The maximum atomic E-state index is 12.2. The molecule has 1 aromatic rings. The predicted octanol–water partition coefficient (Wildman–Crippen LogP) is 2.82. The minimum Gasteiger partial charge on any atom is -0.478 e. The number of nitrogens with zero attached hydrogens (tertiary/aromatic N) is 2. The molecule has 152 valence electrons. The van der Waals surface area contributed by atoms with Crippen LogP contribution in [0.15, 0.2) is 54.4 Å². The predicted molar refractivity (Wildman–Crippen MR) is 114 cm³/mol. The summed E-state index contributed by atoms with van der Waals surface area (Å²) >= 11 is 0. The Kier molecular flexibility index (Phi) is 9.45. The van der Waals surface area contributed by atoms with Gasteiger partial charge in [-0.1, -0.05) is 42.0 Å². The van der Waals surface area contributed by atoms with Crippen molar-refractivity contribution in [2.24, 2.45) is 0 Å². The minimum atomic E-state index is -0.297. The molecule has 1 fully saturated rings. The SMILES string of the molecule is CN1CCNC(CNC(=O)[N+]2=C/C=C\CC/C=C\2O)CC1.Cc1ccccc1. The van der Waals surface area contributed by atoms with E-state index in [1.165, 1.54) is 10.1 Å². The summed E-state index contributed by atoms with van der Waals surface area (Å²) in [5.41, 5.74) is 1.32. The van der Waals surface area contributed by atoms with Gasteiger partial charge in [0.1, 0.15) is 12.8 Å². The minimum absolute atomic E-state index is 0.00888. The van der Waals surface area contributed by atoms with Gasteiger partial charge in [0.2, 0.25) is 0 Å². The van der Waals surface area contributed by atoms with Crippen LogP contribution < -0.4 is 10.6 Å². The zero-order valence-corrected chi connectivity index (χ0v) is 17.0. The van der Waals surface area contributed by atoms with Gasteiger partial charge in [0.05, 0.1) is 0 Å². The van der Waals surface area contributed by atoms with Gasteiger partial charge in [0.15, 0.2) is 0 Å².